The number of aromatic carboxylic acids is 1. The quantitative estimate of drug-likeness (QED) is 0.848. The standard InChI is InChI=1S/C12H14N2O4S/c1-3-14-6-8(12(16)17)10(15)7-5-9(13-18-4-2)19-11(7)14/h6H,3-5H2,1-2H3,(H,16,17)/b13-9-. The first-order chi connectivity index (χ1) is 9.08. The number of thioether (sulfide) groups is 1. The molecule has 7 heteroatoms. The van der Waals surface area contributed by atoms with Crippen LogP contribution in [0.15, 0.2) is 21.2 Å². The second-order valence-corrected chi connectivity index (χ2v) is 4.99. The summed E-state index contributed by atoms with van der Waals surface area (Å²) in [4.78, 5) is 28.1. The molecule has 0 radical (unpaired) electrons. The van der Waals surface area contributed by atoms with Crippen LogP contribution >= 0.6 is 11.8 Å². The number of hydrogen-bond donors (Lipinski definition) is 1. The van der Waals surface area contributed by atoms with Gasteiger partial charge in [0.05, 0.1) is 5.03 Å². The Morgan fingerprint density at radius 2 is 2.32 bits per heavy atom. The van der Waals surface area contributed by atoms with Crippen LogP contribution < -0.4 is 5.43 Å². The predicted molar refractivity (Wildman–Crippen MR) is 72.0 cm³/mol. The second kappa shape index (κ2) is 5.48. The van der Waals surface area contributed by atoms with Crippen molar-refractivity contribution in [3.8, 4) is 0 Å². The molecule has 0 unspecified atom stereocenters. The van der Waals surface area contributed by atoms with Crippen molar-refractivity contribution in [2.24, 2.45) is 5.16 Å². The molecule has 0 saturated carbocycles. The smallest absolute Gasteiger partial charge is 0.341 e. The van der Waals surface area contributed by atoms with Crippen molar-refractivity contribution in [1.29, 1.82) is 0 Å². The van der Waals surface area contributed by atoms with Crippen LogP contribution in [0, 0.1) is 0 Å². The third kappa shape index (κ3) is 2.51. The Hall–Kier alpha value is -1.76. The Kier molecular flexibility index (Phi) is 3.94. The first-order valence-corrected chi connectivity index (χ1v) is 6.76. The fourth-order valence-electron chi connectivity index (χ4n) is 1.86. The Morgan fingerprint density at radius 3 is 2.89 bits per heavy atom. The van der Waals surface area contributed by atoms with E-state index in [1.807, 2.05) is 13.8 Å². The molecule has 2 rings (SSSR count). The van der Waals surface area contributed by atoms with Gasteiger partial charge in [0.1, 0.15) is 17.2 Å². The highest BCUT2D eigenvalue weighted by atomic mass is 32.2. The van der Waals surface area contributed by atoms with Crippen molar-refractivity contribution in [2.45, 2.75) is 31.8 Å². The maximum absolute atomic E-state index is 12.1. The van der Waals surface area contributed by atoms with Gasteiger partial charge in [0, 0.05) is 24.7 Å². The summed E-state index contributed by atoms with van der Waals surface area (Å²) in [6.07, 6.45) is 1.72. The van der Waals surface area contributed by atoms with Gasteiger partial charge in [0.25, 0.3) is 0 Å². The molecule has 1 aromatic rings. The van der Waals surface area contributed by atoms with Gasteiger partial charge in [-0.3, -0.25) is 4.79 Å². The summed E-state index contributed by atoms with van der Waals surface area (Å²) < 4.78 is 1.76. The van der Waals surface area contributed by atoms with Gasteiger partial charge in [0.2, 0.25) is 5.43 Å². The molecule has 0 bridgehead atoms. The van der Waals surface area contributed by atoms with Crippen LogP contribution in [0.5, 0.6) is 0 Å². The maximum atomic E-state index is 12.1. The average molecular weight is 282 g/mol. The Bertz CT molecular complexity index is 606. The highest BCUT2D eigenvalue weighted by Gasteiger charge is 2.27. The molecule has 0 spiro atoms. The molecule has 0 atom stereocenters. The molecule has 0 aromatic carbocycles. The van der Waals surface area contributed by atoms with Crippen LogP contribution in [0.1, 0.15) is 29.8 Å². The van der Waals surface area contributed by atoms with Crippen LogP contribution in [-0.4, -0.2) is 27.3 Å². The van der Waals surface area contributed by atoms with Crippen LogP contribution in [0.3, 0.4) is 0 Å². The zero-order valence-corrected chi connectivity index (χ0v) is 11.5. The molecule has 2 heterocycles. The van der Waals surface area contributed by atoms with Crippen molar-refractivity contribution in [2.75, 3.05) is 6.61 Å². The van der Waals surface area contributed by atoms with E-state index in [9.17, 15) is 9.59 Å². The lowest BCUT2D eigenvalue weighted by Gasteiger charge is -2.09. The molecule has 1 N–H and O–H groups in total. The van der Waals surface area contributed by atoms with Crippen LogP contribution in [0.2, 0.25) is 0 Å². The van der Waals surface area contributed by atoms with E-state index in [0.717, 1.165) is 5.03 Å². The fourth-order valence-corrected chi connectivity index (χ4v) is 2.97. The zero-order valence-electron chi connectivity index (χ0n) is 10.7. The average Bonchev–Trinajstić information content (AvgIpc) is 2.81. The first-order valence-electron chi connectivity index (χ1n) is 5.94. The van der Waals surface area contributed by atoms with Crippen molar-refractivity contribution in [3.05, 3.63) is 27.5 Å². The van der Waals surface area contributed by atoms with Gasteiger partial charge in [-0.25, -0.2) is 4.79 Å². The molecule has 0 fully saturated rings. The molecule has 19 heavy (non-hydrogen) atoms. The molecule has 102 valence electrons. The summed E-state index contributed by atoms with van der Waals surface area (Å²) in [5.41, 5.74) is -0.134. The number of rotatable bonds is 4. The SMILES string of the molecule is CCO/N=C1/Cc2c(n(CC)cc(C(=O)O)c2=O)S1. The van der Waals surface area contributed by atoms with Gasteiger partial charge in [-0.05, 0) is 13.8 Å². The molecular weight excluding hydrogens is 268 g/mol. The monoisotopic (exact) mass is 282 g/mol. The number of aryl methyl sites for hydroxylation is 1. The molecular formula is C12H14N2O4S. The summed E-state index contributed by atoms with van der Waals surface area (Å²) in [5, 5.41) is 14.4. The van der Waals surface area contributed by atoms with E-state index in [2.05, 4.69) is 5.16 Å². The van der Waals surface area contributed by atoms with Crippen LogP contribution in [0.4, 0.5) is 0 Å². The summed E-state index contributed by atoms with van der Waals surface area (Å²) in [6.45, 7) is 4.77. The van der Waals surface area contributed by atoms with Crippen molar-refractivity contribution in [1.82, 2.24) is 4.57 Å². The molecule has 6 nitrogen and oxygen atoms in total. The number of carboxylic acids is 1. The van der Waals surface area contributed by atoms with Gasteiger partial charge in [-0.15, -0.1) is 0 Å². The van der Waals surface area contributed by atoms with Crippen LogP contribution in [0.25, 0.3) is 0 Å². The third-order valence-electron chi connectivity index (χ3n) is 2.73. The third-order valence-corrected chi connectivity index (χ3v) is 3.86. The number of carboxylic acid groups (broad SMARTS) is 1. The van der Waals surface area contributed by atoms with Crippen molar-refractivity contribution < 1.29 is 14.7 Å². The van der Waals surface area contributed by atoms with Crippen LogP contribution in [-0.2, 0) is 17.8 Å². The maximum Gasteiger partial charge on any atom is 0.341 e. The van der Waals surface area contributed by atoms with Gasteiger partial charge < -0.3 is 14.5 Å². The van der Waals surface area contributed by atoms with E-state index in [1.165, 1.54) is 18.0 Å². The minimum absolute atomic E-state index is 0.196. The highest BCUT2D eigenvalue weighted by molar-refractivity contribution is 8.14. The number of oxime groups is 1. The van der Waals surface area contributed by atoms with Gasteiger partial charge in [0.15, 0.2) is 0 Å². The second-order valence-electron chi connectivity index (χ2n) is 3.93. The van der Waals surface area contributed by atoms with E-state index in [0.29, 0.717) is 30.2 Å². The highest BCUT2D eigenvalue weighted by Crippen LogP contribution is 2.32. The summed E-state index contributed by atoms with van der Waals surface area (Å²) >= 11 is 1.36. The van der Waals surface area contributed by atoms with Gasteiger partial charge in [-0.2, -0.15) is 0 Å². The van der Waals surface area contributed by atoms with E-state index in [-0.39, 0.29) is 5.56 Å². The first kappa shape index (κ1) is 13.7. The minimum Gasteiger partial charge on any atom is -0.477 e. The van der Waals surface area contributed by atoms with Gasteiger partial charge >= 0.3 is 5.97 Å². The number of pyridine rings is 1. The number of aromatic nitrogens is 1. The van der Waals surface area contributed by atoms with Gasteiger partial charge in [-0.1, -0.05) is 16.9 Å². The normalized spacial score (nSPS) is 15.6. The summed E-state index contributed by atoms with van der Waals surface area (Å²) in [7, 11) is 0. The summed E-state index contributed by atoms with van der Waals surface area (Å²) in [5.74, 6) is -1.20. The molecule has 1 aromatic heterocycles. The predicted octanol–water partition coefficient (Wildman–Crippen LogP) is 1.56. The van der Waals surface area contributed by atoms with Crippen molar-refractivity contribution >= 4 is 22.8 Å². The number of carbonyl (C=O) groups is 1. The molecule has 0 amide bonds. The molecule has 1 aliphatic rings. The number of nitrogens with zero attached hydrogens (tertiary/aromatic N) is 2. The molecule has 0 aliphatic carbocycles. The molecule has 0 saturated heterocycles. The largest absolute Gasteiger partial charge is 0.477 e. The number of hydrogen-bond acceptors (Lipinski definition) is 5. The lowest BCUT2D eigenvalue weighted by Crippen LogP contribution is -2.22. The topological polar surface area (TPSA) is 80.9 Å². The Morgan fingerprint density at radius 1 is 1.58 bits per heavy atom. The van der Waals surface area contributed by atoms with E-state index >= 15 is 0 Å². The lowest BCUT2D eigenvalue weighted by molar-refractivity contribution is 0.0694. The number of fused-ring (bicyclic) bond motifs is 1. The Labute approximate surface area is 114 Å². The summed E-state index contributed by atoms with van der Waals surface area (Å²) in [6, 6.07) is 0. The minimum atomic E-state index is -1.20. The lowest BCUT2D eigenvalue weighted by atomic mass is 10.1. The van der Waals surface area contributed by atoms with E-state index < -0.39 is 11.4 Å². The van der Waals surface area contributed by atoms with E-state index in [1.54, 1.807) is 4.57 Å². The fraction of sp³-hybridized carbons (Fsp3) is 0.417. The Balaban J connectivity index is 2.51. The van der Waals surface area contributed by atoms with E-state index in [4.69, 9.17) is 9.94 Å². The van der Waals surface area contributed by atoms with Crippen molar-refractivity contribution in [3.63, 3.8) is 0 Å². The molecule has 1 aliphatic heterocycles. The zero-order chi connectivity index (χ0) is 14.0.